The van der Waals surface area contributed by atoms with Crippen LogP contribution in [0.25, 0.3) is 11.4 Å². The van der Waals surface area contributed by atoms with Crippen molar-refractivity contribution >= 4 is 34.7 Å². The number of halogens is 2. The molecule has 0 radical (unpaired) electrons. The molecule has 27 heavy (non-hydrogen) atoms. The molecule has 142 valence electrons. The van der Waals surface area contributed by atoms with E-state index in [4.69, 9.17) is 23.2 Å². The van der Waals surface area contributed by atoms with Crippen molar-refractivity contribution < 1.29 is 4.57 Å². The van der Waals surface area contributed by atoms with Crippen LogP contribution in [-0.2, 0) is 19.5 Å². The summed E-state index contributed by atoms with van der Waals surface area (Å²) in [5, 5.41) is 4.53. The van der Waals surface area contributed by atoms with Gasteiger partial charge in [-0.3, -0.25) is 0 Å². The zero-order valence-electron chi connectivity index (χ0n) is 16.2. The first-order valence-corrected chi connectivity index (χ1v) is 10.1. The minimum absolute atomic E-state index is 0.588. The van der Waals surface area contributed by atoms with Crippen LogP contribution in [0, 0.1) is 6.92 Å². The topological polar surface area (TPSA) is 33.7 Å². The summed E-state index contributed by atoms with van der Waals surface area (Å²) in [5.41, 5.74) is 4.57. The number of aromatic nitrogens is 3. The maximum absolute atomic E-state index is 6.56. The van der Waals surface area contributed by atoms with Gasteiger partial charge in [-0.2, -0.15) is 0 Å². The molecule has 0 atom stereocenters. The number of rotatable bonds is 6. The zero-order chi connectivity index (χ0) is 19.6. The normalized spacial score (nSPS) is 11.0. The fraction of sp³-hybridized carbons (Fsp3) is 0.333. The number of hydrogen-bond donors (Lipinski definition) is 1. The first-order chi connectivity index (χ1) is 13.0. The Balaban J connectivity index is 2.02. The van der Waals surface area contributed by atoms with Crippen molar-refractivity contribution in [3.8, 4) is 11.4 Å². The number of nitrogens with zero attached hydrogens (tertiary/aromatic N) is 3. The number of nitrogens with one attached hydrogen (secondary N) is 1. The molecule has 1 N–H and O–H groups in total. The van der Waals surface area contributed by atoms with E-state index in [9.17, 15) is 0 Å². The van der Waals surface area contributed by atoms with Crippen molar-refractivity contribution in [2.45, 2.75) is 47.2 Å². The Morgan fingerprint density at radius 1 is 1.11 bits per heavy atom. The molecule has 0 bridgehead atoms. The lowest BCUT2D eigenvalue weighted by Gasteiger charge is -2.09. The van der Waals surface area contributed by atoms with E-state index in [-0.39, 0.29) is 0 Å². The maximum atomic E-state index is 6.56. The van der Waals surface area contributed by atoms with Gasteiger partial charge < -0.3 is 5.32 Å². The van der Waals surface area contributed by atoms with Crippen LogP contribution < -0.4 is 9.88 Å². The SMILES string of the molecule is CCc1c(C)n(CC)c(-c2cnc(Nc3ccc(Cl)cc3)c(Cl)c2)[n+]1CC. The van der Waals surface area contributed by atoms with Crippen molar-refractivity contribution in [2.24, 2.45) is 0 Å². The molecule has 0 unspecified atom stereocenters. The van der Waals surface area contributed by atoms with Crippen molar-refractivity contribution in [1.82, 2.24) is 9.55 Å². The first-order valence-electron chi connectivity index (χ1n) is 9.30. The lowest BCUT2D eigenvalue weighted by molar-refractivity contribution is -0.689. The molecular weight excluding hydrogens is 379 g/mol. The van der Waals surface area contributed by atoms with E-state index < -0.39 is 0 Å². The molecule has 0 amide bonds. The Hall–Kier alpha value is -2.04. The average Bonchev–Trinajstić information content (AvgIpc) is 2.95. The van der Waals surface area contributed by atoms with Crippen molar-refractivity contribution in [3.63, 3.8) is 0 Å². The Labute approximate surface area is 170 Å². The molecule has 0 spiro atoms. The van der Waals surface area contributed by atoms with Crippen LogP contribution in [0.5, 0.6) is 0 Å². The minimum atomic E-state index is 0.588. The van der Waals surface area contributed by atoms with Crippen LogP contribution in [-0.4, -0.2) is 9.55 Å². The van der Waals surface area contributed by atoms with Crippen LogP contribution in [0.15, 0.2) is 36.5 Å². The highest BCUT2D eigenvalue weighted by molar-refractivity contribution is 6.33. The minimum Gasteiger partial charge on any atom is -0.339 e. The van der Waals surface area contributed by atoms with Gasteiger partial charge in [0.25, 0.3) is 5.82 Å². The predicted molar refractivity (Wildman–Crippen MR) is 113 cm³/mol. The fourth-order valence-electron chi connectivity index (χ4n) is 3.59. The maximum Gasteiger partial charge on any atom is 0.290 e. The molecule has 0 fully saturated rings. The number of benzene rings is 1. The monoisotopic (exact) mass is 403 g/mol. The summed E-state index contributed by atoms with van der Waals surface area (Å²) < 4.78 is 4.69. The second kappa shape index (κ2) is 8.32. The van der Waals surface area contributed by atoms with Crippen LogP contribution in [0.3, 0.4) is 0 Å². The lowest BCUT2D eigenvalue weighted by Crippen LogP contribution is -2.37. The standard InChI is InChI=1S/C21H24Cl2N4/c1-5-19-14(4)26(6-2)21(27(19)7-3)15-12-18(23)20(24-13-15)25-17-10-8-16(22)9-11-17/h8-13H,5-7H2,1-4H3/p+1. The summed E-state index contributed by atoms with van der Waals surface area (Å²) in [6.07, 6.45) is 2.88. The first kappa shape index (κ1) is 19.7. The fourth-order valence-corrected chi connectivity index (χ4v) is 3.93. The number of pyridine rings is 1. The summed E-state index contributed by atoms with van der Waals surface area (Å²) in [7, 11) is 0. The van der Waals surface area contributed by atoms with Gasteiger partial charge in [0.1, 0.15) is 17.2 Å². The number of hydrogen-bond acceptors (Lipinski definition) is 2. The van der Waals surface area contributed by atoms with Crippen LogP contribution in [0.1, 0.15) is 32.2 Å². The van der Waals surface area contributed by atoms with Gasteiger partial charge in [0.2, 0.25) is 0 Å². The van der Waals surface area contributed by atoms with E-state index in [1.54, 1.807) is 0 Å². The van der Waals surface area contributed by atoms with E-state index in [1.165, 1.54) is 11.4 Å². The molecule has 0 aliphatic heterocycles. The van der Waals surface area contributed by atoms with Crippen molar-refractivity contribution in [3.05, 3.63) is 58.0 Å². The average molecular weight is 404 g/mol. The summed E-state index contributed by atoms with van der Waals surface area (Å²) in [6, 6.07) is 9.45. The third-order valence-corrected chi connectivity index (χ3v) is 5.37. The van der Waals surface area contributed by atoms with E-state index in [0.717, 1.165) is 36.6 Å². The van der Waals surface area contributed by atoms with Crippen molar-refractivity contribution in [2.75, 3.05) is 5.32 Å². The Bertz CT molecular complexity index is 946. The zero-order valence-corrected chi connectivity index (χ0v) is 17.7. The van der Waals surface area contributed by atoms with Crippen LogP contribution >= 0.6 is 23.2 Å². The van der Waals surface area contributed by atoms with Gasteiger partial charge in [0.15, 0.2) is 0 Å². The Morgan fingerprint density at radius 3 is 2.37 bits per heavy atom. The second-order valence-electron chi connectivity index (χ2n) is 6.38. The summed E-state index contributed by atoms with van der Waals surface area (Å²) in [4.78, 5) is 4.59. The molecule has 2 aromatic heterocycles. The van der Waals surface area contributed by atoms with Crippen molar-refractivity contribution in [1.29, 1.82) is 0 Å². The van der Waals surface area contributed by atoms with Gasteiger partial charge in [-0.25, -0.2) is 14.1 Å². The van der Waals surface area contributed by atoms with E-state index in [0.29, 0.717) is 15.9 Å². The highest BCUT2D eigenvalue weighted by Gasteiger charge is 2.27. The van der Waals surface area contributed by atoms with Gasteiger partial charge in [0.05, 0.1) is 23.7 Å². The molecule has 3 rings (SSSR count). The van der Waals surface area contributed by atoms with E-state index in [2.05, 4.69) is 47.1 Å². The molecule has 0 saturated heterocycles. The van der Waals surface area contributed by atoms with E-state index >= 15 is 0 Å². The van der Waals surface area contributed by atoms with Gasteiger partial charge in [0, 0.05) is 30.3 Å². The molecule has 2 heterocycles. The van der Waals surface area contributed by atoms with E-state index in [1.807, 2.05) is 36.5 Å². The number of imidazole rings is 1. The van der Waals surface area contributed by atoms with Gasteiger partial charge in [-0.05, 0) is 44.2 Å². The number of anilines is 2. The van der Waals surface area contributed by atoms with Gasteiger partial charge in [-0.1, -0.05) is 30.1 Å². The summed E-state index contributed by atoms with van der Waals surface area (Å²) >= 11 is 12.5. The third kappa shape index (κ3) is 3.83. The second-order valence-corrected chi connectivity index (χ2v) is 7.23. The molecule has 3 aromatic rings. The van der Waals surface area contributed by atoms with Gasteiger partial charge >= 0.3 is 0 Å². The smallest absolute Gasteiger partial charge is 0.290 e. The summed E-state index contributed by atoms with van der Waals surface area (Å²) in [6.45, 7) is 10.5. The molecule has 0 aliphatic rings. The largest absolute Gasteiger partial charge is 0.339 e. The van der Waals surface area contributed by atoms with Crippen LogP contribution in [0.4, 0.5) is 11.5 Å². The molecule has 6 heteroatoms. The Kier molecular flexibility index (Phi) is 6.08. The molecule has 4 nitrogen and oxygen atoms in total. The quantitative estimate of drug-likeness (QED) is 0.527. The van der Waals surface area contributed by atoms with Crippen LogP contribution in [0.2, 0.25) is 10.0 Å². The third-order valence-electron chi connectivity index (χ3n) is 4.83. The lowest BCUT2D eigenvalue weighted by atomic mass is 10.2. The highest BCUT2D eigenvalue weighted by atomic mass is 35.5. The van der Waals surface area contributed by atoms with Gasteiger partial charge in [-0.15, -0.1) is 0 Å². The highest BCUT2D eigenvalue weighted by Crippen LogP contribution is 2.29. The molecular formula is C21H25Cl2N4+. The summed E-state index contributed by atoms with van der Waals surface area (Å²) in [5.74, 6) is 1.79. The predicted octanol–water partition coefficient (Wildman–Crippen LogP) is 5.80. The molecule has 1 aromatic carbocycles. The molecule has 0 aliphatic carbocycles. The Morgan fingerprint density at radius 2 is 1.81 bits per heavy atom. The molecule has 0 saturated carbocycles.